The number of H-pyrrole nitrogens is 1. The van der Waals surface area contributed by atoms with Gasteiger partial charge in [-0.3, -0.25) is 9.89 Å². The molecule has 1 fully saturated rings. The molecule has 2 aromatic carbocycles. The number of amides is 1. The molecule has 8 heteroatoms. The van der Waals surface area contributed by atoms with E-state index in [1.54, 1.807) is 4.68 Å². The summed E-state index contributed by atoms with van der Waals surface area (Å²) in [5, 5.41) is 16.8. The summed E-state index contributed by atoms with van der Waals surface area (Å²) in [5.41, 5.74) is 3.89. The van der Waals surface area contributed by atoms with Gasteiger partial charge in [-0.1, -0.05) is 23.4 Å². The fourth-order valence-electron chi connectivity index (χ4n) is 3.36. The molecule has 2 aromatic heterocycles. The highest BCUT2D eigenvalue weighted by Gasteiger charge is 2.18. The minimum Gasteiger partial charge on any atom is -0.378 e. The lowest BCUT2D eigenvalue weighted by molar-refractivity contribution is 0.0303. The third-order valence-electron chi connectivity index (χ3n) is 4.88. The first kappa shape index (κ1) is 16.6. The Morgan fingerprint density at radius 3 is 2.64 bits per heavy atom. The molecule has 5 rings (SSSR count). The number of aromatic nitrogens is 5. The zero-order chi connectivity index (χ0) is 18.9. The molecule has 28 heavy (non-hydrogen) atoms. The van der Waals surface area contributed by atoms with Crippen LogP contribution in [0.15, 0.2) is 54.7 Å². The number of benzene rings is 2. The van der Waals surface area contributed by atoms with Crippen LogP contribution >= 0.6 is 0 Å². The third-order valence-corrected chi connectivity index (χ3v) is 4.88. The second-order valence-electron chi connectivity index (χ2n) is 6.62. The van der Waals surface area contributed by atoms with E-state index in [9.17, 15) is 4.79 Å². The Morgan fingerprint density at radius 2 is 1.82 bits per heavy atom. The van der Waals surface area contributed by atoms with Gasteiger partial charge in [-0.05, 0) is 30.3 Å². The number of nitrogens with zero attached hydrogens (tertiary/aromatic N) is 5. The first-order chi connectivity index (χ1) is 13.8. The van der Waals surface area contributed by atoms with Gasteiger partial charge in [-0.25, -0.2) is 4.68 Å². The van der Waals surface area contributed by atoms with E-state index < -0.39 is 0 Å². The standard InChI is InChI=1S/C20H18N6O2/c27-20(25-9-11-28-12-10-25)14-5-7-15(8-6-14)26-13-18(22-24-26)19-16-3-1-2-4-17(16)21-23-19/h1-8,13H,9-12H2,(H,21,23). The van der Waals surface area contributed by atoms with E-state index in [0.717, 1.165) is 22.3 Å². The van der Waals surface area contributed by atoms with E-state index in [2.05, 4.69) is 20.5 Å². The fraction of sp³-hybridized carbons (Fsp3) is 0.200. The second-order valence-corrected chi connectivity index (χ2v) is 6.62. The monoisotopic (exact) mass is 374 g/mol. The first-order valence-electron chi connectivity index (χ1n) is 9.13. The molecule has 3 heterocycles. The van der Waals surface area contributed by atoms with Crippen molar-refractivity contribution >= 4 is 16.8 Å². The quantitative estimate of drug-likeness (QED) is 0.594. The largest absolute Gasteiger partial charge is 0.378 e. The Labute approximate surface area is 160 Å². The van der Waals surface area contributed by atoms with Crippen LogP contribution in [0.25, 0.3) is 28.0 Å². The molecule has 1 aliphatic heterocycles. The summed E-state index contributed by atoms with van der Waals surface area (Å²) in [6.07, 6.45) is 1.83. The lowest BCUT2D eigenvalue weighted by Gasteiger charge is -2.26. The van der Waals surface area contributed by atoms with Crippen molar-refractivity contribution in [1.82, 2.24) is 30.1 Å². The maximum Gasteiger partial charge on any atom is 0.254 e. The number of rotatable bonds is 3. The van der Waals surface area contributed by atoms with Gasteiger partial charge in [0.25, 0.3) is 5.91 Å². The predicted octanol–water partition coefficient (Wildman–Crippen LogP) is 2.28. The average Bonchev–Trinajstić information content (AvgIpc) is 3.41. The molecule has 0 saturated carbocycles. The smallest absolute Gasteiger partial charge is 0.254 e. The van der Waals surface area contributed by atoms with Crippen molar-refractivity contribution in [2.24, 2.45) is 0 Å². The lowest BCUT2D eigenvalue weighted by Crippen LogP contribution is -2.40. The Bertz CT molecular complexity index is 1130. The molecule has 4 aromatic rings. The SMILES string of the molecule is O=C(c1ccc(-n2cc(-c3n[nH]c4ccccc34)nn2)cc1)N1CCOCC1. The second kappa shape index (κ2) is 6.90. The molecular weight excluding hydrogens is 356 g/mol. The summed E-state index contributed by atoms with van der Waals surface area (Å²) in [7, 11) is 0. The van der Waals surface area contributed by atoms with Crippen molar-refractivity contribution in [2.75, 3.05) is 26.3 Å². The van der Waals surface area contributed by atoms with Gasteiger partial charge in [0, 0.05) is 24.0 Å². The number of para-hydroxylation sites is 1. The van der Waals surface area contributed by atoms with E-state index in [1.807, 2.05) is 59.6 Å². The number of hydrogen-bond acceptors (Lipinski definition) is 5. The topological polar surface area (TPSA) is 88.9 Å². The van der Waals surface area contributed by atoms with Crippen LogP contribution in [0, 0.1) is 0 Å². The van der Waals surface area contributed by atoms with Crippen LogP contribution in [0.5, 0.6) is 0 Å². The molecule has 140 valence electrons. The number of nitrogens with one attached hydrogen (secondary N) is 1. The van der Waals surface area contributed by atoms with Gasteiger partial charge < -0.3 is 9.64 Å². The third kappa shape index (κ3) is 2.93. The van der Waals surface area contributed by atoms with Crippen molar-refractivity contribution in [3.63, 3.8) is 0 Å². The van der Waals surface area contributed by atoms with Crippen molar-refractivity contribution in [2.45, 2.75) is 0 Å². The summed E-state index contributed by atoms with van der Waals surface area (Å²) >= 11 is 0. The highest BCUT2D eigenvalue weighted by molar-refractivity contribution is 5.94. The molecule has 1 amide bonds. The summed E-state index contributed by atoms with van der Waals surface area (Å²) < 4.78 is 6.98. The molecule has 1 saturated heterocycles. The zero-order valence-electron chi connectivity index (χ0n) is 15.1. The van der Waals surface area contributed by atoms with Gasteiger partial charge >= 0.3 is 0 Å². The molecule has 0 aliphatic carbocycles. The molecule has 0 bridgehead atoms. The first-order valence-corrected chi connectivity index (χ1v) is 9.13. The summed E-state index contributed by atoms with van der Waals surface area (Å²) in [6, 6.07) is 15.3. The van der Waals surface area contributed by atoms with E-state index >= 15 is 0 Å². The number of carbonyl (C=O) groups is 1. The van der Waals surface area contributed by atoms with Crippen LogP contribution in [0.2, 0.25) is 0 Å². The van der Waals surface area contributed by atoms with Crippen LogP contribution in [-0.2, 0) is 4.74 Å². The van der Waals surface area contributed by atoms with Gasteiger partial charge in [-0.2, -0.15) is 5.10 Å². The highest BCUT2D eigenvalue weighted by atomic mass is 16.5. The molecule has 8 nitrogen and oxygen atoms in total. The van der Waals surface area contributed by atoms with Crippen molar-refractivity contribution in [3.8, 4) is 17.1 Å². The van der Waals surface area contributed by atoms with E-state index in [-0.39, 0.29) is 5.91 Å². The van der Waals surface area contributed by atoms with Crippen LogP contribution in [0.1, 0.15) is 10.4 Å². The maximum absolute atomic E-state index is 12.6. The number of carbonyl (C=O) groups excluding carboxylic acids is 1. The number of ether oxygens (including phenoxy) is 1. The number of hydrogen-bond donors (Lipinski definition) is 1. The summed E-state index contributed by atoms with van der Waals surface area (Å²) in [4.78, 5) is 14.4. The van der Waals surface area contributed by atoms with Gasteiger partial charge in [-0.15, -0.1) is 5.10 Å². The lowest BCUT2D eigenvalue weighted by atomic mass is 10.1. The molecule has 0 unspecified atom stereocenters. The Balaban J connectivity index is 1.39. The van der Waals surface area contributed by atoms with Gasteiger partial charge in [0.2, 0.25) is 0 Å². The molecule has 1 aliphatic rings. The molecule has 0 atom stereocenters. The fourth-order valence-corrected chi connectivity index (χ4v) is 3.36. The van der Waals surface area contributed by atoms with Gasteiger partial charge in [0.1, 0.15) is 11.4 Å². The zero-order valence-corrected chi connectivity index (χ0v) is 15.1. The average molecular weight is 374 g/mol. The van der Waals surface area contributed by atoms with Crippen molar-refractivity contribution in [3.05, 3.63) is 60.3 Å². The number of fused-ring (bicyclic) bond motifs is 1. The van der Waals surface area contributed by atoms with E-state index in [1.165, 1.54) is 0 Å². The van der Waals surface area contributed by atoms with Crippen molar-refractivity contribution in [1.29, 1.82) is 0 Å². The number of morpholine rings is 1. The summed E-state index contributed by atoms with van der Waals surface area (Å²) in [5.74, 6) is 0.0251. The predicted molar refractivity (Wildman–Crippen MR) is 103 cm³/mol. The van der Waals surface area contributed by atoms with Crippen LogP contribution < -0.4 is 0 Å². The van der Waals surface area contributed by atoms with E-state index in [4.69, 9.17) is 4.74 Å². The normalized spacial score (nSPS) is 14.5. The minimum absolute atomic E-state index is 0.0251. The maximum atomic E-state index is 12.6. The van der Waals surface area contributed by atoms with Crippen LogP contribution in [0.4, 0.5) is 0 Å². The Morgan fingerprint density at radius 1 is 1.04 bits per heavy atom. The minimum atomic E-state index is 0.0251. The summed E-state index contributed by atoms with van der Waals surface area (Å²) in [6.45, 7) is 2.44. The van der Waals surface area contributed by atoms with Crippen LogP contribution in [-0.4, -0.2) is 62.3 Å². The van der Waals surface area contributed by atoms with E-state index in [0.29, 0.717) is 37.6 Å². The Hall–Kier alpha value is -3.52. The van der Waals surface area contributed by atoms with Crippen LogP contribution in [0.3, 0.4) is 0 Å². The molecule has 0 spiro atoms. The highest BCUT2D eigenvalue weighted by Crippen LogP contribution is 2.24. The van der Waals surface area contributed by atoms with Gasteiger partial charge in [0.15, 0.2) is 0 Å². The molecule has 0 radical (unpaired) electrons. The molecule has 1 N–H and O–H groups in total. The molecular formula is C20H18N6O2. The van der Waals surface area contributed by atoms with Gasteiger partial charge in [0.05, 0.1) is 30.6 Å². The Kier molecular flexibility index (Phi) is 4.10. The number of aromatic amines is 1. The van der Waals surface area contributed by atoms with Crippen molar-refractivity contribution < 1.29 is 9.53 Å².